The third-order valence-corrected chi connectivity index (χ3v) is 8.87. The molecule has 182 valence electrons. The predicted octanol–water partition coefficient (Wildman–Crippen LogP) is 5.00. The van der Waals surface area contributed by atoms with E-state index in [1.165, 1.54) is 39.9 Å². The fourth-order valence-corrected chi connectivity index (χ4v) is 6.61. The number of fused-ring (bicyclic) bond motifs is 1. The number of carbonyl (C=O) groups is 1. The highest BCUT2D eigenvalue weighted by atomic mass is 32.2. The van der Waals surface area contributed by atoms with Gasteiger partial charge in [0.25, 0.3) is 15.9 Å². The summed E-state index contributed by atoms with van der Waals surface area (Å²) in [4.78, 5) is 18.1. The van der Waals surface area contributed by atoms with Crippen molar-refractivity contribution in [3.63, 3.8) is 0 Å². The molecule has 0 radical (unpaired) electrons. The van der Waals surface area contributed by atoms with Gasteiger partial charge in [-0.25, -0.2) is 8.42 Å². The van der Waals surface area contributed by atoms with Gasteiger partial charge in [0.05, 0.1) is 22.4 Å². The number of sulfonamides is 1. The van der Waals surface area contributed by atoms with Crippen molar-refractivity contribution in [2.75, 3.05) is 18.0 Å². The molecule has 9 heteroatoms. The van der Waals surface area contributed by atoms with E-state index >= 15 is 0 Å². The average molecular weight is 510 g/mol. The van der Waals surface area contributed by atoms with Crippen molar-refractivity contribution in [1.29, 1.82) is 0 Å². The summed E-state index contributed by atoms with van der Waals surface area (Å²) in [5.74, 6) is 0.292. The lowest BCUT2D eigenvalue weighted by molar-refractivity contribution is 0.0997. The lowest BCUT2D eigenvalue weighted by Crippen LogP contribution is -2.30. The summed E-state index contributed by atoms with van der Waals surface area (Å²) in [7, 11) is -2.15. The minimum absolute atomic E-state index is 0.116. The molecule has 0 N–H and O–H groups in total. The lowest BCUT2D eigenvalue weighted by atomic mass is 10.2. The summed E-state index contributed by atoms with van der Waals surface area (Å²) in [5, 5.41) is 0. The van der Waals surface area contributed by atoms with Crippen molar-refractivity contribution in [3.8, 4) is 5.75 Å². The van der Waals surface area contributed by atoms with Gasteiger partial charge in [-0.3, -0.25) is 9.10 Å². The van der Waals surface area contributed by atoms with Crippen LogP contribution in [0.2, 0.25) is 0 Å². The van der Waals surface area contributed by atoms with Gasteiger partial charge in [-0.15, -0.1) is 0 Å². The molecule has 0 fully saturated rings. The van der Waals surface area contributed by atoms with Gasteiger partial charge < -0.3 is 9.30 Å². The van der Waals surface area contributed by atoms with Crippen LogP contribution in [0.3, 0.4) is 0 Å². The predicted molar refractivity (Wildman–Crippen MR) is 140 cm³/mol. The molecule has 1 amide bonds. The molecule has 0 saturated heterocycles. The number of aromatic nitrogens is 1. The van der Waals surface area contributed by atoms with Crippen LogP contribution in [0.15, 0.2) is 76.6 Å². The van der Waals surface area contributed by atoms with Crippen LogP contribution in [0.4, 0.5) is 5.69 Å². The Morgan fingerprint density at radius 3 is 2.31 bits per heavy atom. The number of benzene rings is 3. The highest BCUT2D eigenvalue weighted by Gasteiger charge is 2.23. The summed E-state index contributed by atoms with van der Waals surface area (Å²) < 4.78 is 36.3. The summed E-state index contributed by atoms with van der Waals surface area (Å²) >= 11 is 1.43. The summed E-state index contributed by atoms with van der Waals surface area (Å²) in [5.41, 5.74) is 2.89. The normalized spacial score (nSPS) is 12.2. The van der Waals surface area contributed by atoms with Crippen LogP contribution in [-0.2, 0) is 16.6 Å². The largest absolute Gasteiger partial charge is 0.495 e. The van der Waals surface area contributed by atoms with E-state index in [1.807, 2.05) is 36.6 Å². The van der Waals surface area contributed by atoms with Crippen LogP contribution < -0.4 is 13.8 Å². The van der Waals surface area contributed by atoms with Gasteiger partial charge in [0.2, 0.25) is 0 Å². The third-order valence-electron chi connectivity index (χ3n) is 5.74. The van der Waals surface area contributed by atoms with Crippen LogP contribution in [0.1, 0.15) is 29.8 Å². The zero-order valence-corrected chi connectivity index (χ0v) is 21.7. The number of ether oxygens (including phenoxy) is 1. The molecule has 35 heavy (non-hydrogen) atoms. The third kappa shape index (κ3) is 4.61. The number of thiazole rings is 1. The first kappa shape index (κ1) is 24.7. The van der Waals surface area contributed by atoms with Crippen LogP contribution >= 0.6 is 11.3 Å². The molecule has 7 nitrogen and oxygen atoms in total. The van der Waals surface area contributed by atoms with E-state index < -0.39 is 15.9 Å². The molecule has 0 bridgehead atoms. The quantitative estimate of drug-likeness (QED) is 0.351. The topological polar surface area (TPSA) is 81.0 Å². The Kier molecular flexibility index (Phi) is 7.09. The van der Waals surface area contributed by atoms with Gasteiger partial charge in [0.1, 0.15) is 11.3 Å². The number of hydrogen-bond donors (Lipinski definition) is 0. The molecule has 1 aromatic heterocycles. The Balaban J connectivity index is 1.70. The second-order valence-electron chi connectivity index (χ2n) is 7.84. The second-order valence-corrected chi connectivity index (χ2v) is 10.7. The number of para-hydroxylation sites is 1. The SMILES string of the molecule is CCN(c1ccccc1)S(=O)(=O)c1ccc(C(=O)N=c2sc3c(C)ccc(OC)c3n2CC)cc1. The zero-order chi connectivity index (χ0) is 25.2. The van der Waals surface area contributed by atoms with Crippen molar-refractivity contribution in [2.24, 2.45) is 4.99 Å². The highest BCUT2D eigenvalue weighted by molar-refractivity contribution is 7.92. The van der Waals surface area contributed by atoms with Crippen LogP contribution in [-0.4, -0.2) is 32.5 Å². The first-order valence-electron chi connectivity index (χ1n) is 11.3. The second kappa shape index (κ2) is 10.1. The first-order chi connectivity index (χ1) is 16.8. The zero-order valence-electron chi connectivity index (χ0n) is 20.1. The number of amides is 1. The van der Waals surface area contributed by atoms with Gasteiger partial charge >= 0.3 is 0 Å². The number of carbonyl (C=O) groups excluding carboxylic acids is 1. The van der Waals surface area contributed by atoms with Gasteiger partial charge in [-0.05, 0) is 68.8 Å². The number of hydrogen-bond acceptors (Lipinski definition) is 5. The Morgan fingerprint density at radius 1 is 1.03 bits per heavy atom. The summed E-state index contributed by atoms with van der Waals surface area (Å²) in [6, 6.07) is 18.8. The van der Waals surface area contributed by atoms with Gasteiger partial charge in [-0.2, -0.15) is 4.99 Å². The Labute approximate surface area is 209 Å². The van der Waals surface area contributed by atoms with Crippen LogP contribution in [0, 0.1) is 6.92 Å². The minimum Gasteiger partial charge on any atom is -0.495 e. The molecular formula is C26H27N3O4S2. The van der Waals surface area contributed by atoms with E-state index in [0.717, 1.165) is 21.5 Å². The van der Waals surface area contributed by atoms with Crippen molar-refractivity contribution >= 4 is 43.2 Å². The number of nitrogens with zero attached hydrogens (tertiary/aromatic N) is 3. The van der Waals surface area contributed by atoms with Crippen molar-refractivity contribution in [1.82, 2.24) is 4.57 Å². The van der Waals surface area contributed by atoms with Crippen LogP contribution in [0.25, 0.3) is 10.2 Å². The molecule has 4 rings (SSSR count). The smallest absolute Gasteiger partial charge is 0.279 e. The fourth-order valence-electron chi connectivity index (χ4n) is 3.96. The molecule has 0 aliphatic heterocycles. The molecule has 3 aromatic carbocycles. The van der Waals surface area contributed by atoms with Gasteiger partial charge in [0.15, 0.2) is 4.80 Å². The van der Waals surface area contributed by atoms with E-state index in [0.29, 0.717) is 22.6 Å². The van der Waals surface area contributed by atoms with Crippen LogP contribution in [0.5, 0.6) is 5.75 Å². The first-order valence-corrected chi connectivity index (χ1v) is 13.5. The maximum atomic E-state index is 13.2. The summed E-state index contributed by atoms with van der Waals surface area (Å²) in [6.07, 6.45) is 0. The van der Waals surface area contributed by atoms with Crippen molar-refractivity contribution in [2.45, 2.75) is 32.2 Å². The van der Waals surface area contributed by atoms with E-state index in [4.69, 9.17) is 4.74 Å². The van der Waals surface area contributed by atoms with Gasteiger partial charge in [0, 0.05) is 18.7 Å². The Hall–Kier alpha value is -3.43. The number of methoxy groups -OCH3 is 1. The molecule has 0 aliphatic carbocycles. The molecular weight excluding hydrogens is 482 g/mol. The standard InChI is InChI=1S/C26H27N3O4S2/c1-5-28-23-22(33-4)17-12-18(3)24(23)34-26(28)27-25(30)19-13-15-21(16-14-19)35(31,32)29(6-2)20-10-8-7-9-11-20/h7-17H,5-6H2,1-4H3. The van der Waals surface area contributed by atoms with E-state index in [1.54, 1.807) is 38.3 Å². The maximum Gasteiger partial charge on any atom is 0.279 e. The molecule has 0 atom stereocenters. The van der Waals surface area contributed by atoms with E-state index in [9.17, 15) is 13.2 Å². The monoisotopic (exact) mass is 509 g/mol. The number of anilines is 1. The highest BCUT2D eigenvalue weighted by Crippen LogP contribution is 2.30. The average Bonchev–Trinajstić information content (AvgIpc) is 3.24. The molecule has 0 spiro atoms. The van der Waals surface area contributed by atoms with Gasteiger partial charge in [-0.1, -0.05) is 35.6 Å². The molecule has 4 aromatic rings. The maximum absolute atomic E-state index is 13.2. The Morgan fingerprint density at radius 2 is 1.71 bits per heavy atom. The molecule has 1 heterocycles. The molecule has 0 saturated carbocycles. The summed E-state index contributed by atoms with van der Waals surface area (Å²) in [6.45, 7) is 6.69. The lowest BCUT2D eigenvalue weighted by Gasteiger charge is -2.22. The Bertz CT molecular complexity index is 1540. The minimum atomic E-state index is -3.77. The number of rotatable bonds is 7. The van der Waals surface area contributed by atoms with Crippen molar-refractivity contribution < 1.29 is 17.9 Å². The van der Waals surface area contributed by atoms with E-state index in [2.05, 4.69) is 4.99 Å². The fraction of sp³-hybridized carbons (Fsp3) is 0.231. The molecule has 0 unspecified atom stereocenters. The van der Waals surface area contributed by atoms with Crippen molar-refractivity contribution in [3.05, 3.63) is 82.7 Å². The van der Waals surface area contributed by atoms with E-state index in [-0.39, 0.29) is 11.4 Å². The molecule has 0 aliphatic rings. The number of aryl methyl sites for hydroxylation is 2.